The van der Waals surface area contributed by atoms with Crippen molar-refractivity contribution in [3.8, 4) is 6.07 Å². The topological polar surface area (TPSA) is 74.9 Å². The molecule has 29 heavy (non-hydrogen) atoms. The average Bonchev–Trinajstić information content (AvgIpc) is 3.01. The molecule has 0 unspecified atom stereocenters. The summed E-state index contributed by atoms with van der Waals surface area (Å²) in [5, 5.41) is 14.1. The number of carbonyl (C=O) groups excluding carboxylic acids is 1. The Morgan fingerprint density at radius 3 is 2.69 bits per heavy atom. The molecule has 0 radical (unpaired) electrons. The maximum atomic E-state index is 12.8. The lowest BCUT2D eigenvalue weighted by Gasteiger charge is -2.15. The van der Waals surface area contributed by atoms with Crippen LogP contribution < -0.4 is 10.9 Å². The number of rotatable bonds is 3. The van der Waals surface area contributed by atoms with E-state index in [1.807, 2.05) is 32.9 Å². The third kappa shape index (κ3) is 3.47. The summed E-state index contributed by atoms with van der Waals surface area (Å²) in [5.74, 6) is -0.285. The number of aromatic nitrogens is 1. The smallest absolute Gasteiger partial charge is 0.251 e. The molecule has 3 aromatic rings. The Morgan fingerprint density at radius 2 is 1.93 bits per heavy atom. The highest BCUT2D eigenvalue weighted by Gasteiger charge is 2.22. The summed E-state index contributed by atoms with van der Waals surface area (Å²) in [7, 11) is 0. The summed E-state index contributed by atoms with van der Waals surface area (Å²) < 4.78 is 1.53. The van der Waals surface area contributed by atoms with Gasteiger partial charge in [-0.05, 0) is 69.2 Å². The Morgan fingerprint density at radius 1 is 1.17 bits per heavy atom. The second-order valence-corrected chi connectivity index (χ2v) is 8.91. The number of thiophene rings is 1. The van der Waals surface area contributed by atoms with Crippen molar-refractivity contribution in [3.63, 3.8) is 0 Å². The minimum Gasteiger partial charge on any atom is -0.315 e. The van der Waals surface area contributed by atoms with Crippen LogP contribution in [0.25, 0.3) is 10.9 Å². The standard InChI is InChI=1S/C23H23N3O2S/c1-13-8-15(3)22-17(9-13)14(2)10-21(28)26(22)12-20(27)25-23-18(11-24)16-6-4-5-7-19(16)29-23/h8-10H,4-7,12H2,1-3H3,(H,25,27). The lowest BCUT2D eigenvalue weighted by molar-refractivity contribution is -0.116. The van der Waals surface area contributed by atoms with Gasteiger partial charge in [-0.15, -0.1) is 11.3 Å². The van der Waals surface area contributed by atoms with Gasteiger partial charge in [-0.1, -0.05) is 11.6 Å². The van der Waals surface area contributed by atoms with Gasteiger partial charge in [0.05, 0.1) is 11.1 Å². The number of nitrogens with zero attached hydrogens (tertiary/aromatic N) is 2. The molecular formula is C23H23N3O2S. The normalized spacial score (nSPS) is 13.2. The Kier molecular flexibility index (Phi) is 5.01. The van der Waals surface area contributed by atoms with Gasteiger partial charge >= 0.3 is 0 Å². The minimum atomic E-state index is -0.285. The highest BCUT2D eigenvalue weighted by atomic mass is 32.1. The Labute approximate surface area is 173 Å². The molecule has 2 aromatic heterocycles. The molecule has 5 nitrogen and oxygen atoms in total. The number of hydrogen-bond acceptors (Lipinski definition) is 4. The van der Waals surface area contributed by atoms with Crippen molar-refractivity contribution in [1.82, 2.24) is 4.57 Å². The Balaban J connectivity index is 1.70. The van der Waals surface area contributed by atoms with Gasteiger partial charge in [0.2, 0.25) is 5.91 Å². The van der Waals surface area contributed by atoms with Gasteiger partial charge in [0, 0.05) is 16.3 Å². The molecule has 0 bridgehead atoms. The number of carbonyl (C=O) groups is 1. The third-order valence-corrected chi connectivity index (χ3v) is 6.79. The largest absolute Gasteiger partial charge is 0.315 e. The third-order valence-electron chi connectivity index (χ3n) is 5.58. The molecule has 0 saturated carbocycles. The number of pyridine rings is 1. The zero-order valence-electron chi connectivity index (χ0n) is 16.9. The zero-order valence-corrected chi connectivity index (χ0v) is 17.7. The van der Waals surface area contributed by atoms with Crippen LogP contribution in [-0.2, 0) is 24.2 Å². The van der Waals surface area contributed by atoms with Crippen LogP contribution in [0.1, 0.15) is 45.5 Å². The van der Waals surface area contributed by atoms with E-state index < -0.39 is 0 Å². The molecule has 0 atom stereocenters. The van der Waals surface area contributed by atoms with Crippen LogP contribution in [0.5, 0.6) is 0 Å². The number of fused-ring (bicyclic) bond motifs is 2. The highest BCUT2D eigenvalue weighted by molar-refractivity contribution is 7.16. The fourth-order valence-corrected chi connectivity index (χ4v) is 5.56. The summed E-state index contributed by atoms with van der Waals surface area (Å²) in [6.45, 7) is 5.83. The van der Waals surface area contributed by atoms with Crippen LogP contribution in [0.15, 0.2) is 23.0 Å². The van der Waals surface area contributed by atoms with Crippen LogP contribution in [0.3, 0.4) is 0 Å². The van der Waals surface area contributed by atoms with Gasteiger partial charge in [-0.25, -0.2) is 0 Å². The predicted molar refractivity (Wildman–Crippen MR) is 117 cm³/mol. The van der Waals surface area contributed by atoms with Crippen molar-refractivity contribution in [1.29, 1.82) is 5.26 Å². The monoisotopic (exact) mass is 405 g/mol. The molecular weight excluding hydrogens is 382 g/mol. The molecule has 0 spiro atoms. The SMILES string of the molecule is Cc1cc(C)c2c(c1)c(C)cc(=O)n2CC(=O)Nc1sc2c(c1C#N)CCCC2. The minimum absolute atomic E-state index is 0.0764. The summed E-state index contributed by atoms with van der Waals surface area (Å²) >= 11 is 1.50. The predicted octanol–water partition coefficient (Wildman–Crippen LogP) is 4.38. The van der Waals surface area contributed by atoms with Crippen LogP contribution in [0.2, 0.25) is 0 Å². The van der Waals surface area contributed by atoms with Gasteiger partial charge in [0.1, 0.15) is 17.6 Å². The number of amides is 1. The van der Waals surface area contributed by atoms with E-state index in [9.17, 15) is 14.9 Å². The lowest BCUT2D eigenvalue weighted by Crippen LogP contribution is -2.28. The van der Waals surface area contributed by atoms with E-state index in [-0.39, 0.29) is 18.0 Å². The number of aryl methyl sites for hydroxylation is 4. The van der Waals surface area contributed by atoms with Crippen molar-refractivity contribution in [3.05, 3.63) is 61.2 Å². The van der Waals surface area contributed by atoms with E-state index in [0.717, 1.165) is 58.8 Å². The van der Waals surface area contributed by atoms with Gasteiger partial charge in [0.25, 0.3) is 5.56 Å². The number of anilines is 1. The first-order valence-electron chi connectivity index (χ1n) is 9.85. The Hall–Kier alpha value is -2.91. The molecule has 2 heterocycles. The molecule has 6 heteroatoms. The molecule has 1 aliphatic carbocycles. The average molecular weight is 406 g/mol. The molecule has 0 saturated heterocycles. The molecule has 4 rings (SSSR count). The van der Waals surface area contributed by atoms with Crippen LogP contribution in [0.4, 0.5) is 5.00 Å². The van der Waals surface area contributed by atoms with Crippen molar-refractivity contribution >= 4 is 33.1 Å². The molecule has 0 fully saturated rings. The first-order chi connectivity index (χ1) is 13.9. The quantitative estimate of drug-likeness (QED) is 0.703. The van der Waals surface area contributed by atoms with Gasteiger partial charge in [0.15, 0.2) is 0 Å². The molecule has 0 aliphatic heterocycles. The summed E-state index contributed by atoms with van der Waals surface area (Å²) in [4.78, 5) is 26.7. The summed E-state index contributed by atoms with van der Waals surface area (Å²) in [6.07, 6.45) is 4.06. The fourth-order valence-electron chi connectivity index (χ4n) is 4.31. The zero-order chi connectivity index (χ0) is 20.7. The van der Waals surface area contributed by atoms with E-state index in [1.54, 1.807) is 6.07 Å². The second-order valence-electron chi connectivity index (χ2n) is 7.80. The van der Waals surface area contributed by atoms with Crippen molar-refractivity contribution in [2.24, 2.45) is 0 Å². The van der Waals surface area contributed by atoms with Crippen molar-refractivity contribution in [2.45, 2.75) is 53.0 Å². The van der Waals surface area contributed by atoms with Crippen LogP contribution in [0, 0.1) is 32.1 Å². The van der Waals surface area contributed by atoms with Crippen LogP contribution in [-0.4, -0.2) is 10.5 Å². The van der Waals surface area contributed by atoms with E-state index in [2.05, 4.69) is 11.4 Å². The molecule has 1 aliphatic rings. The molecule has 1 amide bonds. The number of nitrogens with one attached hydrogen (secondary N) is 1. The van der Waals surface area contributed by atoms with Crippen molar-refractivity contribution in [2.75, 3.05) is 5.32 Å². The number of benzene rings is 1. The highest BCUT2D eigenvalue weighted by Crippen LogP contribution is 2.37. The Bertz CT molecular complexity index is 1240. The van der Waals surface area contributed by atoms with Gasteiger partial charge in [-0.2, -0.15) is 5.26 Å². The molecule has 148 valence electrons. The first-order valence-corrected chi connectivity index (χ1v) is 10.7. The maximum Gasteiger partial charge on any atom is 0.251 e. The number of hydrogen-bond donors (Lipinski definition) is 1. The van der Waals surface area contributed by atoms with Crippen molar-refractivity contribution < 1.29 is 4.79 Å². The second kappa shape index (κ2) is 7.49. The lowest BCUT2D eigenvalue weighted by atomic mass is 9.96. The van der Waals surface area contributed by atoms with E-state index in [1.165, 1.54) is 20.8 Å². The number of nitriles is 1. The summed E-state index contributed by atoms with van der Waals surface area (Å²) in [5.41, 5.74) is 5.28. The molecule has 1 N–H and O–H groups in total. The maximum absolute atomic E-state index is 12.8. The fraction of sp³-hybridized carbons (Fsp3) is 0.348. The van der Waals surface area contributed by atoms with Gasteiger partial charge < -0.3 is 5.32 Å². The summed E-state index contributed by atoms with van der Waals surface area (Å²) in [6, 6.07) is 7.92. The van der Waals surface area contributed by atoms with Crippen LogP contribution >= 0.6 is 11.3 Å². The van der Waals surface area contributed by atoms with E-state index >= 15 is 0 Å². The first kappa shape index (κ1) is 19.4. The van der Waals surface area contributed by atoms with E-state index in [0.29, 0.717) is 10.6 Å². The van der Waals surface area contributed by atoms with Gasteiger partial charge in [-0.3, -0.25) is 14.2 Å². The molecule has 1 aromatic carbocycles. The van der Waals surface area contributed by atoms with E-state index in [4.69, 9.17) is 0 Å².